The summed E-state index contributed by atoms with van der Waals surface area (Å²) in [5.74, 6) is 2.36. The fourth-order valence-electron chi connectivity index (χ4n) is 8.60. The van der Waals surface area contributed by atoms with Crippen LogP contribution in [0.2, 0.25) is 0 Å². The first-order valence-electron chi connectivity index (χ1n) is 12.9. The largest absolute Gasteiger partial charge is 0.393 e. The average Bonchev–Trinajstić information content (AvgIpc) is 2.97. The van der Waals surface area contributed by atoms with Crippen molar-refractivity contribution < 1.29 is 15.3 Å². The number of aliphatic hydroxyl groups excluding tert-OH is 3. The first-order valence-corrected chi connectivity index (χ1v) is 12.9. The predicted octanol–water partition coefficient (Wildman–Crippen LogP) is 5.50. The van der Waals surface area contributed by atoms with Gasteiger partial charge >= 0.3 is 0 Å². The van der Waals surface area contributed by atoms with Crippen LogP contribution in [-0.4, -0.2) is 33.6 Å². The summed E-state index contributed by atoms with van der Waals surface area (Å²) in [4.78, 5) is 0. The summed E-state index contributed by atoms with van der Waals surface area (Å²) in [5.41, 5.74) is 2.81. The van der Waals surface area contributed by atoms with E-state index >= 15 is 0 Å². The van der Waals surface area contributed by atoms with E-state index < -0.39 is 6.10 Å². The molecule has 0 spiro atoms. The van der Waals surface area contributed by atoms with Crippen LogP contribution < -0.4 is 0 Å². The molecule has 0 aromatic rings. The Hall–Kier alpha value is -0.640. The van der Waals surface area contributed by atoms with Crippen LogP contribution in [0.5, 0.6) is 0 Å². The zero-order chi connectivity index (χ0) is 22.7. The Morgan fingerprint density at radius 1 is 1.10 bits per heavy atom. The molecule has 4 aliphatic carbocycles. The summed E-state index contributed by atoms with van der Waals surface area (Å²) in [6.45, 7) is 15.8. The molecule has 0 heterocycles. The maximum atomic E-state index is 11.3. The zero-order valence-corrected chi connectivity index (χ0v) is 20.5. The summed E-state index contributed by atoms with van der Waals surface area (Å²) >= 11 is 0. The van der Waals surface area contributed by atoms with Gasteiger partial charge in [-0.15, -0.1) is 0 Å². The van der Waals surface area contributed by atoms with Crippen LogP contribution in [0.3, 0.4) is 0 Å². The van der Waals surface area contributed by atoms with Gasteiger partial charge in [0.1, 0.15) is 0 Å². The molecule has 3 heteroatoms. The van der Waals surface area contributed by atoms with Crippen LogP contribution in [0.1, 0.15) is 86.0 Å². The third-order valence-electron chi connectivity index (χ3n) is 10.6. The van der Waals surface area contributed by atoms with Crippen LogP contribution in [0.25, 0.3) is 0 Å². The number of allylic oxidation sites excluding steroid dienone is 1. The summed E-state index contributed by atoms with van der Waals surface area (Å²) in [5, 5.41) is 32.8. The first kappa shape index (κ1) is 23.5. The van der Waals surface area contributed by atoms with E-state index in [1.807, 2.05) is 0 Å². The van der Waals surface area contributed by atoms with Gasteiger partial charge in [0.2, 0.25) is 0 Å². The van der Waals surface area contributed by atoms with Crippen molar-refractivity contribution in [2.24, 2.45) is 46.3 Å². The highest BCUT2D eigenvalue weighted by Crippen LogP contribution is 2.67. The molecule has 4 aliphatic rings. The molecule has 0 bridgehead atoms. The Morgan fingerprint density at radius 2 is 1.81 bits per heavy atom. The van der Waals surface area contributed by atoms with Crippen LogP contribution in [-0.2, 0) is 0 Å². The second-order valence-electron chi connectivity index (χ2n) is 12.5. The van der Waals surface area contributed by atoms with Gasteiger partial charge in [-0.05, 0) is 97.7 Å². The highest BCUT2D eigenvalue weighted by Gasteiger charge is 2.63. The van der Waals surface area contributed by atoms with Crippen molar-refractivity contribution in [1.29, 1.82) is 0 Å². The molecule has 0 radical (unpaired) electrons. The van der Waals surface area contributed by atoms with Gasteiger partial charge in [-0.2, -0.15) is 0 Å². The molecule has 4 rings (SSSR count). The molecule has 3 saturated carbocycles. The Bertz CT molecular complexity index is 726. The van der Waals surface area contributed by atoms with Crippen molar-refractivity contribution in [3.05, 3.63) is 23.8 Å². The van der Waals surface area contributed by atoms with E-state index in [0.29, 0.717) is 29.6 Å². The molecule has 0 amide bonds. The van der Waals surface area contributed by atoms with Crippen molar-refractivity contribution in [3.8, 4) is 0 Å². The highest BCUT2D eigenvalue weighted by atomic mass is 16.3. The highest BCUT2D eigenvalue weighted by molar-refractivity contribution is 5.28. The third-order valence-corrected chi connectivity index (χ3v) is 10.6. The fourth-order valence-corrected chi connectivity index (χ4v) is 8.60. The molecule has 10 unspecified atom stereocenters. The van der Waals surface area contributed by atoms with Crippen LogP contribution in [0, 0.1) is 46.3 Å². The summed E-state index contributed by atoms with van der Waals surface area (Å²) < 4.78 is 0. The molecule has 10 atom stereocenters. The lowest BCUT2D eigenvalue weighted by molar-refractivity contribution is -0.0987. The van der Waals surface area contributed by atoms with E-state index in [4.69, 9.17) is 0 Å². The lowest BCUT2D eigenvalue weighted by Gasteiger charge is -2.59. The molecule has 0 aromatic carbocycles. The molecule has 0 saturated heterocycles. The number of aliphatic hydroxyl groups is 3. The lowest BCUT2D eigenvalue weighted by Crippen LogP contribution is -2.55. The van der Waals surface area contributed by atoms with Gasteiger partial charge in [-0.1, -0.05) is 58.4 Å². The molecule has 3 fully saturated rings. The number of hydrogen-bond acceptors (Lipinski definition) is 3. The van der Waals surface area contributed by atoms with Gasteiger partial charge < -0.3 is 15.3 Å². The minimum Gasteiger partial charge on any atom is -0.393 e. The van der Waals surface area contributed by atoms with Gasteiger partial charge in [0.15, 0.2) is 0 Å². The number of rotatable bonds is 5. The van der Waals surface area contributed by atoms with E-state index in [1.165, 1.54) is 11.1 Å². The van der Waals surface area contributed by atoms with Crippen molar-refractivity contribution in [3.63, 3.8) is 0 Å². The van der Waals surface area contributed by atoms with Gasteiger partial charge in [-0.25, -0.2) is 0 Å². The summed E-state index contributed by atoms with van der Waals surface area (Å²) in [6.07, 6.45) is 9.01. The quantitative estimate of drug-likeness (QED) is 0.505. The summed E-state index contributed by atoms with van der Waals surface area (Å²) in [6, 6.07) is 0. The normalized spacial score (nSPS) is 47.9. The standard InChI is InChI=1S/C28H46O3/c1-16(2)17(3)7-8-18(4)26-24(31)15-22-25-21(10-12-28(22,26)6)27(5)11-9-20(29)13-19(27)14-23(25)30/h14,16,18,20-26,29-31H,3,7-13,15H2,1-2,4-6H3. The van der Waals surface area contributed by atoms with E-state index in [0.717, 1.165) is 51.4 Å². The zero-order valence-electron chi connectivity index (χ0n) is 20.5. The van der Waals surface area contributed by atoms with Gasteiger partial charge in [-0.3, -0.25) is 0 Å². The Balaban J connectivity index is 1.58. The Morgan fingerprint density at radius 3 is 2.48 bits per heavy atom. The first-order chi connectivity index (χ1) is 14.5. The predicted molar refractivity (Wildman–Crippen MR) is 126 cm³/mol. The minimum absolute atomic E-state index is 0.0933. The topological polar surface area (TPSA) is 60.7 Å². The number of fused-ring (bicyclic) bond motifs is 5. The van der Waals surface area contributed by atoms with Crippen molar-refractivity contribution >= 4 is 0 Å². The number of hydrogen-bond donors (Lipinski definition) is 3. The molecule has 3 nitrogen and oxygen atoms in total. The SMILES string of the molecule is C=C(CCC(C)C1C(O)CC2C3C(O)C=C4CC(O)CCC4(C)C3CCC21C)C(C)C. The minimum atomic E-state index is -0.440. The summed E-state index contributed by atoms with van der Waals surface area (Å²) in [7, 11) is 0. The Labute approximate surface area is 190 Å². The molecule has 0 aromatic heterocycles. The average molecular weight is 431 g/mol. The van der Waals surface area contributed by atoms with Crippen molar-refractivity contribution in [2.75, 3.05) is 0 Å². The van der Waals surface area contributed by atoms with Crippen LogP contribution in [0.15, 0.2) is 23.8 Å². The second kappa shape index (κ2) is 8.29. The van der Waals surface area contributed by atoms with E-state index in [-0.39, 0.29) is 29.0 Å². The monoisotopic (exact) mass is 430 g/mol. The van der Waals surface area contributed by atoms with Gasteiger partial charge in [0.25, 0.3) is 0 Å². The Kier molecular flexibility index (Phi) is 6.29. The van der Waals surface area contributed by atoms with Gasteiger partial charge in [0.05, 0.1) is 18.3 Å². The van der Waals surface area contributed by atoms with Crippen molar-refractivity contribution in [1.82, 2.24) is 0 Å². The van der Waals surface area contributed by atoms with Crippen molar-refractivity contribution in [2.45, 2.75) is 104 Å². The fraction of sp³-hybridized carbons (Fsp3) is 0.857. The molecule has 176 valence electrons. The third kappa shape index (κ3) is 3.77. The molecule has 0 aliphatic heterocycles. The molecule has 3 N–H and O–H groups in total. The maximum Gasteiger partial charge on any atom is 0.0757 e. The molecular weight excluding hydrogens is 384 g/mol. The van der Waals surface area contributed by atoms with Gasteiger partial charge in [0, 0.05) is 0 Å². The lowest BCUT2D eigenvalue weighted by atomic mass is 9.46. The van der Waals surface area contributed by atoms with E-state index in [9.17, 15) is 15.3 Å². The maximum absolute atomic E-state index is 11.3. The second-order valence-corrected chi connectivity index (χ2v) is 12.5. The molecule has 31 heavy (non-hydrogen) atoms. The van der Waals surface area contributed by atoms with E-state index in [1.54, 1.807) is 0 Å². The van der Waals surface area contributed by atoms with Crippen LogP contribution >= 0.6 is 0 Å². The van der Waals surface area contributed by atoms with E-state index in [2.05, 4.69) is 47.3 Å². The molecular formula is C28H46O3. The van der Waals surface area contributed by atoms with Crippen LogP contribution in [0.4, 0.5) is 0 Å². The smallest absolute Gasteiger partial charge is 0.0757 e.